The smallest absolute Gasteiger partial charge is 0.152 e. The first-order valence-electron chi connectivity index (χ1n) is 7.25. The minimum Gasteiger partial charge on any atom is -0.368 e. The van der Waals surface area contributed by atoms with Crippen LogP contribution in [0.15, 0.2) is 42.7 Å². The molecular weight excluding hydrogens is 260 g/mol. The summed E-state index contributed by atoms with van der Waals surface area (Å²) in [7, 11) is 0. The molecule has 0 aliphatic carbocycles. The SMILES string of the molecule is Cc1ccc(C(C)CNc2nccn3nc(C)cc23)cc1. The van der Waals surface area contributed by atoms with Crippen LogP contribution in [0.1, 0.15) is 29.7 Å². The van der Waals surface area contributed by atoms with Gasteiger partial charge in [-0.2, -0.15) is 5.10 Å². The fourth-order valence-electron chi connectivity index (χ4n) is 2.44. The van der Waals surface area contributed by atoms with E-state index < -0.39 is 0 Å². The molecule has 108 valence electrons. The van der Waals surface area contributed by atoms with E-state index in [4.69, 9.17) is 0 Å². The lowest BCUT2D eigenvalue weighted by atomic mass is 10.00. The van der Waals surface area contributed by atoms with Crippen LogP contribution in [0, 0.1) is 13.8 Å². The number of hydrogen-bond acceptors (Lipinski definition) is 3. The average Bonchev–Trinajstić information content (AvgIpc) is 2.86. The van der Waals surface area contributed by atoms with Gasteiger partial charge in [0.2, 0.25) is 0 Å². The third-order valence-corrected chi connectivity index (χ3v) is 3.73. The number of anilines is 1. The van der Waals surface area contributed by atoms with Crippen LogP contribution in [0.5, 0.6) is 0 Å². The first-order valence-corrected chi connectivity index (χ1v) is 7.25. The number of fused-ring (bicyclic) bond motifs is 1. The maximum absolute atomic E-state index is 4.43. The Morgan fingerprint density at radius 3 is 2.71 bits per heavy atom. The van der Waals surface area contributed by atoms with E-state index >= 15 is 0 Å². The van der Waals surface area contributed by atoms with Crippen LogP contribution in [0.2, 0.25) is 0 Å². The number of aryl methyl sites for hydroxylation is 2. The second kappa shape index (κ2) is 5.56. The number of nitrogens with zero attached hydrogens (tertiary/aromatic N) is 3. The molecule has 1 atom stereocenters. The number of aromatic nitrogens is 3. The fraction of sp³-hybridized carbons (Fsp3) is 0.294. The van der Waals surface area contributed by atoms with Gasteiger partial charge in [0.05, 0.1) is 5.69 Å². The summed E-state index contributed by atoms with van der Waals surface area (Å²) in [4.78, 5) is 4.43. The summed E-state index contributed by atoms with van der Waals surface area (Å²) in [5.74, 6) is 1.31. The van der Waals surface area contributed by atoms with Gasteiger partial charge in [-0.3, -0.25) is 0 Å². The summed E-state index contributed by atoms with van der Waals surface area (Å²) < 4.78 is 1.86. The molecule has 1 N–H and O–H groups in total. The zero-order valence-electron chi connectivity index (χ0n) is 12.7. The van der Waals surface area contributed by atoms with Gasteiger partial charge >= 0.3 is 0 Å². The zero-order valence-corrected chi connectivity index (χ0v) is 12.7. The van der Waals surface area contributed by atoms with E-state index in [1.807, 2.05) is 23.7 Å². The normalized spacial score (nSPS) is 12.5. The van der Waals surface area contributed by atoms with Crippen molar-refractivity contribution in [2.75, 3.05) is 11.9 Å². The van der Waals surface area contributed by atoms with Crippen LogP contribution in [0.25, 0.3) is 5.52 Å². The quantitative estimate of drug-likeness (QED) is 0.794. The van der Waals surface area contributed by atoms with Crippen molar-refractivity contribution in [2.45, 2.75) is 26.7 Å². The molecular formula is C17H20N4. The van der Waals surface area contributed by atoms with Gasteiger partial charge in [-0.05, 0) is 31.4 Å². The summed E-state index contributed by atoms with van der Waals surface area (Å²) in [5, 5.41) is 7.85. The Kier molecular flexibility index (Phi) is 3.60. The summed E-state index contributed by atoms with van der Waals surface area (Å²) in [6.07, 6.45) is 3.65. The second-order valence-electron chi connectivity index (χ2n) is 5.58. The minimum atomic E-state index is 0.427. The van der Waals surface area contributed by atoms with Gasteiger partial charge in [-0.25, -0.2) is 9.50 Å². The van der Waals surface area contributed by atoms with Gasteiger partial charge in [0.25, 0.3) is 0 Å². The first kappa shape index (κ1) is 13.6. The van der Waals surface area contributed by atoms with Gasteiger partial charge in [0.15, 0.2) is 5.82 Å². The van der Waals surface area contributed by atoms with Crippen LogP contribution >= 0.6 is 0 Å². The van der Waals surface area contributed by atoms with E-state index in [0.29, 0.717) is 5.92 Å². The van der Waals surface area contributed by atoms with Gasteiger partial charge < -0.3 is 5.32 Å². The summed E-state index contributed by atoms with van der Waals surface area (Å²) in [6, 6.07) is 10.7. The Bertz CT molecular complexity index is 743. The van der Waals surface area contributed by atoms with E-state index in [0.717, 1.165) is 23.6 Å². The molecule has 2 heterocycles. The molecule has 21 heavy (non-hydrogen) atoms. The van der Waals surface area contributed by atoms with Gasteiger partial charge in [-0.15, -0.1) is 0 Å². The Balaban J connectivity index is 1.75. The molecule has 0 bridgehead atoms. The standard InChI is InChI=1S/C17H20N4/c1-12-4-6-15(7-5-12)13(2)11-19-17-16-10-14(3)20-21(16)9-8-18-17/h4-10,13H,11H2,1-3H3,(H,18,19). The predicted octanol–water partition coefficient (Wildman–Crippen LogP) is 3.56. The van der Waals surface area contributed by atoms with E-state index in [9.17, 15) is 0 Å². The second-order valence-corrected chi connectivity index (χ2v) is 5.58. The van der Waals surface area contributed by atoms with Gasteiger partial charge in [-0.1, -0.05) is 36.8 Å². The van der Waals surface area contributed by atoms with Crippen molar-refractivity contribution < 1.29 is 0 Å². The Labute approximate surface area is 124 Å². The van der Waals surface area contributed by atoms with Crippen molar-refractivity contribution in [1.82, 2.24) is 14.6 Å². The van der Waals surface area contributed by atoms with Crippen molar-refractivity contribution in [3.05, 3.63) is 59.5 Å². The molecule has 0 aliphatic rings. The van der Waals surface area contributed by atoms with Crippen LogP contribution in [0.4, 0.5) is 5.82 Å². The van der Waals surface area contributed by atoms with E-state index in [-0.39, 0.29) is 0 Å². The maximum Gasteiger partial charge on any atom is 0.152 e. The monoisotopic (exact) mass is 280 g/mol. The molecule has 0 aliphatic heterocycles. The number of benzene rings is 1. The largest absolute Gasteiger partial charge is 0.368 e. The first-order chi connectivity index (χ1) is 10.1. The minimum absolute atomic E-state index is 0.427. The molecule has 1 unspecified atom stereocenters. The fourth-order valence-corrected chi connectivity index (χ4v) is 2.44. The van der Waals surface area contributed by atoms with Gasteiger partial charge in [0.1, 0.15) is 5.52 Å². The highest BCUT2D eigenvalue weighted by Gasteiger charge is 2.08. The third-order valence-electron chi connectivity index (χ3n) is 3.73. The van der Waals surface area contributed by atoms with Crippen molar-refractivity contribution in [2.24, 2.45) is 0 Å². The highest BCUT2D eigenvalue weighted by molar-refractivity contribution is 5.67. The Morgan fingerprint density at radius 1 is 1.19 bits per heavy atom. The molecule has 3 aromatic rings. The molecule has 4 nitrogen and oxygen atoms in total. The van der Waals surface area contributed by atoms with Crippen LogP contribution < -0.4 is 5.32 Å². The molecule has 2 aromatic heterocycles. The van der Waals surface area contributed by atoms with Crippen LogP contribution in [-0.4, -0.2) is 21.1 Å². The number of hydrogen-bond donors (Lipinski definition) is 1. The molecule has 0 saturated carbocycles. The topological polar surface area (TPSA) is 42.2 Å². The highest BCUT2D eigenvalue weighted by Crippen LogP contribution is 2.19. The van der Waals surface area contributed by atoms with Crippen molar-refractivity contribution >= 4 is 11.3 Å². The molecule has 0 fully saturated rings. The lowest BCUT2D eigenvalue weighted by Gasteiger charge is -2.14. The summed E-state index contributed by atoms with van der Waals surface area (Å²) in [6.45, 7) is 7.17. The highest BCUT2D eigenvalue weighted by atomic mass is 15.2. The van der Waals surface area contributed by atoms with Gasteiger partial charge in [0, 0.05) is 18.9 Å². The lowest BCUT2D eigenvalue weighted by Crippen LogP contribution is -2.11. The van der Waals surface area contributed by atoms with Crippen LogP contribution in [0.3, 0.4) is 0 Å². The summed E-state index contributed by atoms with van der Waals surface area (Å²) >= 11 is 0. The third kappa shape index (κ3) is 2.89. The number of nitrogens with one attached hydrogen (secondary N) is 1. The Morgan fingerprint density at radius 2 is 1.95 bits per heavy atom. The van der Waals surface area contributed by atoms with E-state index in [2.05, 4.69) is 53.5 Å². The van der Waals surface area contributed by atoms with Crippen LogP contribution in [-0.2, 0) is 0 Å². The zero-order chi connectivity index (χ0) is 14.8. The molecule has 0 radical (unpaired) electrons. The number of rotatable bonds is 4. The molecule has 0 spiro atoms. The van der Waals surface area contributed by atoms with E-state index in [1.165, 1.54) is 11.1 Å². The van der Waals surface area contributed by atoms with E-state index in [1.54, 1.807) is 6.20 Å². The molecule has 0 saturated heterocycles. The molecule has 4 heteroatoms. The molecule has 3 rings (SSSR count). The predicted molar refractivity (Wildman–Crippen MR) is 85.8 cm³/mol. The molecule has 0 amide bonds. The van der Waals surface area contributed by atoms with Crippen molar-refractivity contribution in [1.29, 1.82) is 0 Å². The maximum atomic E-state index is 4.43. The van der Waals surface area contributed by atoms with Crippen molar-refractivity contribution in [3.8, 4) is 0 Å². The average molecular weight is 280 g/mol. The van der Waals surface area contributed by atoms with Crippen molar-refractivity contribution in [3.63, 3.8) is 0 Å². The molecule has 1 aromatic carbocycles. The summed E-state index contributed by atoms with van der Waals surface area (Å²) in [5.41, 5.74) is 4.65. The lowest BCUT2D eigenvalue weighted by molar-refractivity contribution is 0.800. The Hall–Kier alpha value is -2.36.